The first-order valence-corrected chi connectivity index (χ1v) is 4.78. The molecule has 1 aliphatic carbocycles. The second-order valence-electron chi connectivity index (χ2n) is 3.63. The van der Waals surface area contributed by atoms with E-state index in [1.807, 2.05) is 0 Å². The number of nitrogens with zero attached hydrogens (tertiary/aromatic N) is 1. The molecule has 1 aromatic rings. The molecule has 5 heteroatoms. The van der Waals surface area contributed by atoms with E-state index in [4.69, 9.17) is 10.00 Å². The third kappa shape index (κ3) is 2.27. The van der Waals surface area contributed by atoms with E-state index in [1.165, 1.54) is 12.1 Å². The second-order valence-corrected chi connectivity index (χ2v) is 3.63. The number of halogens is 3. The van der Waals surface area contributed by atoms with Crippen molar-refractivity contribution in [2.75, 3.05) is 0 Å². The Kier molecular flexibility index (Phi) is 2.50. The number of hydrogen-bond donors (Lipinski definition) is 0. The molecular formula is C11H8F3NO. The third-order valence-electron chi connectivity index (χ3n) is 2.24. The standard InChI is InChI=1S/C11H8F3NO/c12-11(13,14)10-5-9(16-8-3-4-8)2-1-7(10)6-15/h1-2,5,8H,3-4H2. The largest absolute Gasteiger partial charge is 0.490 e. The van der Waals surface area contributed by atoms with Gasteiger partial charge in [-0.15, -0.1) is 0 Å². The van der Waals surface area contributed by atoms with E-state index < -0.39 is 11.7 Å². The van der Waals surface area contributed by atoms with Crippen LogP contribution in [0.25, 0.3) is 0 Å². The highest BCUT2D eigenvalue weighted by atomic mass is 19.4. The zero-order valence-corrected chi connectivity index (χ0v) is 8.21. The van der Waals surface area contributed by atoms with Gasteiger partial charge < -0.3 is 4.74 Å². The molecule has 2 rings (SSSR count). The van der Waals surface area contributed by atoms with Gasteiger partial charge in [-0.2, -0.15) is 18.4 Å². The second kappa shape index (κ2) is 3.71. The molecule has 1 aromatic carbocycles. The molecule has 2 nitrogen and oxygen atoms in total. The van der Waals surface area contributed by atoms with Crippen molar-refractivity contribution < 1.29 is 17.9 Å². The number of benzene rings is 1. The van der Waals surface area contributed by atoms with Crippen LogP contribution in [0.2, 0.25) is 0 Å². The average molecular weight is 227 g/mol. The molecule has 0 bridgehead atoms. The van der Waals surface area contributed by atoms with E-state index in [0.29, 0.717) is 0 Å². The fourth-order valence-electron chi connectivity index (χ4n) is 1.31. The van der Waals surface area contributed by atoms with Crippen LogP contribution in [-0.4, -0.2) is 6.10 Å². The minimum atomic E-state index is -4.52. The molecule has 1 fully saturated rings. The molecule has 0 spiro atoms. The van der Waals surface area contributed by atoms with Crippen molar-refractivity contribution in [3.63, 3.8) is 0 Å². The Bertz CT molecular complexity index is 444. The van der Waals surface area contributed by atoms with E-state index in [9.17, 15) is 13.2 Å². The van der Waals surface area contributed by atoms with Crippen molar-refractivity contribution in [2.45, 2.75) is 25.1 Å². The van der Waals surface area contributed by atoms with Gasteiger partial charge in [-0.25, -0.2) is 0 Å². The van der Waals surface area contributed by atoms with Crippen LogP contribution in [0.15, 0.2) is 18.2 Å². The molecule has 84 valence electrons. The normalized spacial score (nSPS) is 15.6. The first-order valence-electron chi connectivity index (χ1n) is 4.78. The maximum atomic E-state index is 12.6. The van der Waals surface area contributed by atoms with Gasteiger partial charge in [0, 0.05) is 0 Å². The first-order chi connectivity index (χ1) is 7.50. The summed E-state index contributed by atoms with van der Waals surface area (Å²) in [5.41, 5.74) is -1.32. The highest BCUT2D eigenvalue weighted by Gasteiger charge is 2.34. The molecule has 16 heavy (non-hydrogen) atoms. The lowest BCUT2D eigenvalue weighted by Crippen LogP contribution is -2.08. The molecule has 0 atom stereocenters. The molecule has 0 unspecified atom stereocenters. The van der Waals surface area contributed by atoms with Crippen molar-refractivity contribution in [2.24, 2.45) is 0 Å². The highest BCUT2D eigenvalue weighted by molar-refractivity contribution is 5.44. The van der Waals surface area contributed by atoms with Gasteiger partial charge >= 0.3 is 6.18 Å². The maximum absolute atomic E-state index is 12.6. The third-order valence-corrected chi connectivity index (χ3v) is 2.24. The van der Waals surface area contributed by atoms with E-state index in [2.05, 4.69) is 0 Å². The lowest BCUT2D eigenvalue weighted by Gasteiger charge is -2.11. The lowest BCUT2D eigenvalue weighted by molar-refractivity contribution is -0.137. The molecule has 0 saturated heterocycles. The first kappa shape index (κ1) is 10.8. The van der Waals surface area contributed by atoms with Gasteiger partial charge in [0.15, 0.2) is 0 Å². The Morgan fingerprint density at radius 2 is 2.00 bits per heavy atom. The summed E-state index contributed by atoms with van der Waals surface area (Å²) in [7, 11) is 0. The topological polar surface area (TPSA) is 33.0 Å². The average Bonchev–Trinajstić information content (AvgIpc) is 3.00. The quantitative estimate of drug-likeness (QED) is 0.777. The predicted octanol–water partition coefficient (Wildman–Crippen LogP) is 3.12. The van der Waals surface area contributed by atoms with E-state index in [-0.39, 0.29) is 17.4 Å². The smallest absolute Gasteiger partial charge is 0.417 e. The van der Waals surface area contributed by atoms with Crippen LogP contribution in [0.1, 0.15) is 24.0 Å². The minimum Gasteiger partial charge on any atom is -0.490 e. The van der Waals surface area contributed by atoms with E-state index >= 15 is 0 Å². The van der Waals surface area contributed by atoms with Crippen LogP contribution in [0, 0.1) is 11.3 Å². The zero-order valence-electron chi connectivity index (χ0n) is 8.21. The molecule has 0 aliphatic heterocycles. The summed E-state index contributed by atoms with van der Waals surface area (Å²) in [6, 6.07) is 4.94. The molecule has 0 amide bonds. The van der Waals surface area contributed by atoms with Crippen LogP contribution in [0.4, 0.5) is 13.2 Å². The summed E-state index contributed by atoms with van der Waals surface area (Å²) in [6.45, 7) is 0. The summed E-state index contributed by atoms with van der Waals surface area (Å²) in [5.74, 6) is 0.175. The van der Waals surface area contributed by atoms with Crippen LogP contribution in [-0.2, 0) is 6.18 Å². The molecule has 1 aliphatic rings. The number of nitriles is 1. The van der Waals surface area contributed by atoms with Gasteiger partial charge in [-0.3, -0.25) is 0 Å². The van der Waals surface area contributed by atoms with Gasteiger partial charge in [0.25, 0.3) is 0 Å². The Hall–Kier alpha value is -1.70. The SMILES string of the molecule is N#Cc1ccc(OC2CC2)cc1C(F)(F)F. The lowest BCUT2D eigenvalue weighted by atomic mass is 10.1. The number of rotatable bonds is 2. The molecule has 0 radical (unpaired) electrons. The van der Waals surface area contributed by atoms with Gasteiger partial charge in [0.05, 0.1) is 23.3 Å². The van der Waals surface area contributed by atoms with Crippen LogP contribution in [0.5, 0.6) is 5.75 Å². The Morgan fingerprint density at radius 1 is 1.31 bits per heavy atom. The van der Waals surface area contributed by atoms with E-state index in [1.54, 1.807) is 0 Å². The summed E-state index contributed by atoms with van der Waals surface area (Å²) in [5, 5.41) is 8.58. The van der Waals surface area contributed by atoms with Crippen LogP contribution < -0.4 is 4.74 Å². The summed E-state index contributed by atoms with van der Waals surface area (Å²) < 4.78 is 42.9. The Balaban J connectivity index is 2.34. The van der Waals surface area contributed by atoms with Crippen molar-refractivity contribution >= 4 is 0 Å². The van der Waals surface area contributed by atoms with Gasteiger partial charge in [-0.05, 0) is 31.0 Å². The van der Waals surface area contributed by atoms with Gasteiger partial charge in [0.1, 0.15) is 5.75 Å². The van der Waals surface area contributed by atoms with Crippen molar-refractivity contribution in [1.29, 1.82) is 5.26 Å². The number of ether oxygens (including phenoxy) is 1. The summed E-state index contributed by atoms with van der Waals surface area (Å²) in [6.07, 6.45) is -2.73. The summed E-state index contributed by atoms with van der Waals surface area (Å²) in [4.78, 5) is 0. The number of alkyl halides is 3. The molecule has 1 saturated carbocycles. The molecule has 0 aromatic heterocycles. The van der Waals surface area contributed by atoms with Gasteiger partial charge in [0.2, 0.25) is 0 Å². The van der Waals surface area contributed by atoms with Crippen molar-refractivity contribution in [3.05, 3.63) is 29.3 Å². The molecular weight excluding hydrogens is 219 g/mol. The minimum absolute atomic E-state index is 0.0361. The Labute approximate surface area is 90.3 Å². The fourth-order valence-corrected chi connectivity index (χ4v) is 1.31. The zero-order chi connectivity index (χ0) is 11.8. The van der Waals surface area contributed by atoms with Crippen molar-refractivity contribution in [1.82, 2.24) is 0 Å². The maximum Gasteiger partial charge on any atom is 0.417 e. The monoisotopic (exact) mass is 227 g/mol. The Morgan fingerprint density at radius 3 is 2.50 bits per heavy atom. The highest BCUT2D eigenvalue weighted by Crippen LogP contribution is 2.35. The van der Waals surface area contributed by atoms with Crippen LogP contribution in [0.3, 0.4) is 0 Å². The van der Waals surface area contributed by atoms with E-state index in [0.717, 1.165) is 25.0 Å². The molecule has 0 N–H and O–H groups in total. The fraction of sp³-hybridized carbons (Fsp3) is 0.364. The van der Waals surface area contributed by atoms with Crippen LogP contribution >= 0.6 is 0 Å². The molecule has 0 heterocycles. The number of hydrogen-bond acceptors (Lipinski definition) is 2. The predicted molar refractivity (Wildman–Crippen MR) is 49.8 cm³/mol. The van der Waals surface area contributed by atoms with Crippen molar-refractivity contribution in [3.8, 4) is 11.8 Å². The van der Waals surface area contributed by atoms with Gasteiger partial charge in [-0.1, -0.05) is 0 Å². The summed E-state index contributed by atoms with van der Waals surface area (Å²) >= 11 is 0.